The first kappa shape index (κ1) is 20.7. The minimum absolute atomic E-state index is 0.0375. The van der Waals surface area contributed by atoms with Crippen molar-refractivity contribution in [2.24, 2.45) is 5.92 Å². The number of rotatable bonds is 7. The number of hydrogen-bond donors (Lipinski definition) is 1. The predicted octanol–water partition coefficient (Wildman–Crippen LogP) is 1.93. The minimum Gasteiger partial charge on any atom is -0.481 e. The average molecular weight is 376 g/mol. The molecule has 27 heavy (non-hydrogen) atoms. The Morgan fingerprint density at radius 1 is 1.30 bits per heavy atom. The summed E-state index contributed by atoms with van der Waals surface area (Å²) in [4.78, 5) is 39.1. The molecule has 7 heteroatoms. The van der Waals surface area contributed by atoms with E-state index in [0.717, 1.165) is 5.56 Å². The fourth-order valence-corrected chi connectivity index (χ4v) is 3.16. The Balaban J connectivity index is 1.89. The molecule has 1 atom stereocenters. The quantitative estimate of drug-likeness (QED) is 0.786. The molecule has 0 bridgehead atoms. The van der Waals surface area contributed by atoms with Gasteiger partial charge in [0.1, 0.15) is 5.75 Å². The van der Waals surface area contributed by atoms with Gasteiger partial charge in [-0.15, -0.1) is 0 Å². The first-order chi connectivity index (χ1) is 12.8. The van der Waals surface area contributed by atoms with Gasteiger partial charge in [-0.25, -0.2) is 0 Å². The van der Waals surface area contributed by atoms with Crippen LogP contribution in [0.1, 0.15) is 31.7 Å². The summed E-state index contributed by atoms with van der Waals surface area (Å²) in [6.45, 7) is 4.60. The molecule has 1 aliphatic heterocycles. The maximum Gasteiger partial charge on any atom is 0.306 e. The molecule has 0 aromatic heterocycles. The van der Waals surface area contributed by atoms with E-state index in [2.05, 4.69) is 0 Å². The summed E-state index contributed by atoms with van der Waals surface area (Å²) in [5.41, 5.74) is 1.04. The van der Waals surface area contributed by atoms with Crippen LogP contribution in [0.2, 0.25) is 0 Å². The molecule has 7 nitrogen and oxygen atoms in total. The SMILES string of the molecule is CCC(Oc1cccc(C)c1)C(=O)N(C)CC(=O)N1CCC(C(=O)O)CC1. The van der Waals surface area contributed by atoms with Crippen molar-refractivity contribution in [3.8, 4) is 5.75 Å². The van der Waals surface area contributed by atoms with E-state index in [1.165, 1.54) is 4.90 Å². The molecule has 0 saturated carbocycles. The Bertz CT molecular complexity index is 683. The Hall–Kier alpha value is -2.57. The third-order valence-corrected chi connectivity index (χ3v) is 4.86. The Kier molecular flexibility index (Phi) is 7.21. The number of ether oxygens (including phenoxy) is 1. The molecule has 1 fully saturated rings. The molecule has 1 N–H and O–H groups in total. The van der Waals surface area contributed by atoms with Crippen LogP contribution in [0.3, 0.4) is 0 Å². The number of carbonyl (C=O) groups is 3. The van der Waals surface area contributed by atoms with Crippen molar-refractivity contribution in [3.05, 3.63) is 29.8 Å². The molecule has 1 unspecified atom stereocenters. The van der Waals surface area contributed by atoms with Crippen molar-refractivity contribution in [1.82, 2.24) is 9.80 Å². The Labute approximate surface area is 159 Å². The number of carbonyl (C=O) groups excluding carboxylic acids is 2. The highest BCUT2D eigenvalue weighted by molar-refractivity contribution is 5.87. The highest BCUT2D eigenvalue weighted by Crippen LogP contribution is 2.18. The molecule has 1 aromatic rings. The first-order valence-electron chi connectivity index (χ1n) is 9.30. The summed E-state index contributed by atoms with van der Waals surface area (Å²) in [6, 6.07) is 7.50. The van der Waals surface area contributed by atoms with Crippen LogP contribution in [0, 0.1) is 12.8 Å². The maximum atomic E-state index is 12.7. The molecule has 1 saturated heterocycles. The number of carboxylic acid groups (broad SMARTS) is 1. The summed E-state index contributed by atoms with van der Waals surface area (Å²) < 4.78 is 5.81. The molecule has 2 rings (SSSR count). The number of aryl methyl sites for hydroxylation is 1. The van der Waals surface area contributed by atoms with Crippen molar-refractivity contribution < 1.29 is 24.2 Å². The van der Waals surface area contributed by atoms with Gasteiger partial charge in [-0.05, 0) is 43.9 Å². The number of nitrogens with zero attached hydrogens (tertiary/aromatic N) is 2. The van der Waals surface area contributed by atoms with Gasteiger partial charge < -0.3 is 19.6 Å². The van der Waals surface area contributed by atoms with Crippen LogP contribution >= 0.6 is 0 Å². The van der Waals surface area contributed by atoms with Crippen molar-refractivity contribution in [1.29, 1.82) is 0 Å². The highest BCUT2D eigenvalue weighted by Gasteiger charge is 2.29. The number of carboxylic acids is 1. The molecule has 0 spiro atoms. The van der Waals surface area contributed by atoms with E-state index in [-0.39, 0.29) is 24.3 Å². The van der Waals surface area contributed by atoms with Gasteiger partial charge in [0, 0.05) is 20.1 Å². The lowest BCUT2D eigenvalue weighted by Crippen LogP contribution is -2.48. The van der Waals surface area contributed by atoms with E-state index in [0.29, 0.717) is 38.1 Å². The molecular formula is C20H28N2O5. The molecule has 1 heterocycles. The summed E-state index contributed by atoms with van der Waals surface area (Å²) in [7, 11) is 1.59. The zero-order valence-corrected chi connectivity index (χ0v) is 16.2. The fraction of sp³-hybridized carbons (Fsp3) is 0.550. The zero-order valence-electron chi connectivity index (χ0n) is 16.2. The van der Waals surface area contributed by atoms with Crippen molar-refractivity contribution >= 4 is 17.8 Å². The number of likely N-dealkylation sites (N-methyl/N-ethyl adjacent to an activating group) is 1. The average Bonchev–Trinajstić information content (AvgIpc) is 2.65. The van der Waals surface area contributed by atoms with Crippen LogP contribution in [-0.4, -0.2) is 65.5 Å². The van der Waals surface area contributed by atoms with Gasteiger partial charge in [0.2, 0.25) is 5.91 Å². The van der Waals surface area contributed by atoms with E-state index in [1.807, 2.05) is 32.0 Å². The second-order valence-corrected chi connectivity index (χ2v) is 7.02. The smallest absolute Gasteiger partial charge is 0.306 e. The molecule has 0 radical (unpaired) electrons. The molecule has 148 valence electrons. The van der Waals surface area contributed by atoms with Gasteiger partial charge >= 0.3 is 5.97 Å². The third-order valence-electron chi connectivity index (χ3n) is 4.86. The van der Waals surface area contributed by atoms with Crippen molar-refractivity contribution in [3.63, 3.8) is 0 Å². The fourth-order valence-electron chi connectivity index (χ4n) is 3.16. The lowest BCUT2D eigenvalue weighted by molar-refractivity contribution is -0.147. The molecule has 1 aromatic carbocycles. The number of likely N-dealkylation sites (tertiary alicyclic amines) is 1. The number of piperidine rings is 1. The van der Waals surface area contributed by atoms with Crippen molar-refractivity contribution in [2.45, 2.75) is 39.2 Å². The van der Waals surface area contributed by atoms with Gasteiger partial charge in [0.25, 0.3) is 5.91 Å². The summed E-state index contributed by atoms with van der Waals surface area (Å²) in [6.07, 6.45) is 0.747. The summed E-state index contributed by atoms with van der Waals surface area (Å²) >= 11 is 0. The van der Waals surface area contributed by atoms with Gasteiger partial charge in [-0.1, -0.05) is 19.1 Å². The molecule has 0 aliphatic carbocycles. The van der Waals surface area contributed by atoms with Crippen LogP contribution in [-0.2, 0) is 14.4 Å². The van der Waals surface area contributed by atoms with Gasteiger partial charge in [-0.2, -0.15) is 0 Å². The largest absolute Gasteiger partial charge is 0.481 e. The zero-order chi connectivity index (χ0) is 20.0. The number of amides is 2. The normalized spacial score (nSPS) is 15.9. The van der Waals surface area contributed by atoms with E-state index in [9.17, 15) is 14.4 Å². The minimum atomic E-state index is -0.812. The van der Waals surface area contributed by atoms with Crippen LogP contribution < -0.4 is 4.74 Å². The molecule has 1 aliphatic rings. The highest BCUT2D eigenvalue weighted by atomic mass is 16.5. The van der Waals surface area contributed by atoms with E-state index >= 15 is 0 Å². The Morgan fingerprint density at radius 3 is 2.52 bits per heavy atom. The number of hydrogen-bond acceptors (Lipinski definition) is 4. The van der Waals surface area contributed by atoms with Gasteiger partial charge in [0.05, 0.1) is 12.5 Å². The standard InChI is InChI=1S/C20H28N2O5/c1-4-17(27-16-7-5-6-14(2)12-16)19(24)21(3)13-18(23)22-10-8-15(9-11-22)20(25)26/h5-7,12,15,17H,4,8-11,13H2,1-3H3,(H,25,26). The number of benzene rings is 1. The van der Waals surface area contributed by atoms with E-state index in [4.69, 9.17) is 9.84 Å². The van der Waals surface area contributed by atoms with E-state index in [1.54, 1.807) is 18.0 Å². The number of aliphatic carboxylic acids is 1. The third kappa shape index (κ3) is 5.70. The first-order valence-corrected chi connectivity index (χ1v) is 9.30. The predicted molar refractivity (Wildman–Crippen MR) is 100 cm³/mol. The maximum absolute atomic E-state index is 12.7. The van der Waals surface area contributed by atoms with Gasteiger partial charge in [-0.3, -0.25) is 14.4 Å². The molecule has 2 amide bonds. The second-order valence-electron chi connectivity index (χ2n) is 7.02. The lowest BCUT2D eigenvalue weighted by Gasteiger charge is -2.32. The van der Waals surface area contributed by atoms with E-state index < -0.39 is 12.1 Å². The monoisotopic (exact) mass is 376 g/mol. The van der Waals surface area contributed by atoms with Crippen LogP contribution in [0.25, 0.3) is 0 Å². The van der Waals surface area contributed by atoms with Crippen molar-refractivity contribution in [2.75, 3.05) is 26.7 Å². The topological polar surface area (TPSA) is 87.2 Å². The lowest BCUT2D eigenvalue weighted by atomic mass is 9.97. The Morgan fingerprint density at radius 2 is 1.96 bits per heavy atom. The second kappa shape index (κ2) is 9.39. The molecular weight excluding hydrogens is 348 g/mol. The van der Waals surface area contributed by atoms with Crippen LogP contribution in [0.5, 0.6) is 5.75 Å². The van der Waals surface area contributed by atoms with Crippen LogP contribution in [0.15, 0.2) is 24.3 Å². The van der Waals surface area contributed by atoms with Crippen LogP contribution in [0.4, 0.5) is 0 Å². The summed E-state index contributed by atoms with van der Waals surface area (Å²) in [5.74, 6) is -0.979. The summed E-state index contributed by atoms with van der Waals surface area (Å²) in [5, 5.41) is 9.04. The van der Waals surface area contributed by atoms with Gasteiger partial charge in [0.15, 0.2) is 6.10 Å².